The van der Waals surface area contributed by atoms with E-state index in [4.69, 9.17) is 16.3 Å². The third-order valence-electron chi connectivity index (χ3n) is 5.12. The monoisotopic (exact) mass is 567 g/mol. The number of hydrogen-bond donors (Lipinski definition) is 2. The van der Waals surface area contributed by atoms with Gasteiger partial charge in [0.05, 0.1) is 15.2 Å². The van der Waals surface area contributed by atoms with E-state index >= 15 is 0 Å². The van der Waals surface area contributed by atoms with Crippen LogP contribution in [-0.2, 0) is 14.4 Å². The van der Waals surface area contributed by atoms with Crippen molar-refractivity contribution in [3.63, 3.8) is 0 Å². The van der Waals surface area contributed by atoms with Gasteiger partial charge in [-0.25, -0.2) is 9.69 Å². The van der Waals surface area contributed by atoms with Crippen LogP contribution in [0, 0.1) is 6.92 Å². The van der Waals surface area contributed by atoms with Crippen LogP contribution in [0.3, 0.4) is 0 Å². The molecule has 5 amide bonds. The predicted molar refractivity (Wildman–Crippen MR) is 140 cm³/mol. The lowest BCUT2D eigenvalue weighted by molar-refractivity contribution is -0.122. The summed E-state index contributed by atoms with van der Waals surface area (Å²) >= 11 is 9.53. The first-order valence-electron chi connectivity index (χ1n) is 10.7. The number of nitrogens with one attached hydrogen (secondary N) is 2. The maximum Gasteiger partial charge on any atom is 0.335 e. The zero-order valence-corrected chi connectivity index (χ0v) is 21.2. The van der Waals surface area contributed by atoms with Crippen molar-refractivity contribution >= 4 is 68.7 Å². The first-order chi connectivity index (χ1) is 17.2. The van der Waals surface area contributed by atoms with E-state index in [0.717, 1.165) is 10.5 Å². The van der Waals surface area contributed by atoms with Gasteiger partial charge in [0.1, 0.15) is 11.3 Å². The minimum atomic E-state index is -0.885. The van der Waals surface area contributed by atoms with Crippen molar-refractivity contribution in [3.8, 4) is 5.75 Å². The molecule has 2 N–H and O–H groups in total. The molecular weight excluding hydrogens is 550 g/mol. The molecular formula is C26H19BrClN3O5. The van der Waals surface area contributed by atoms with Crippen molar-refractivity contribution in [1.82, 2.24) is 5.32 Å². The van der Waals surface area contributed by atoms with Gasteiger partial charge in [0.15, 0.2) is 6.61 Å². The summed E-state index contributed by atoms with van der Waals surface area (Å²) in [5, 5.41) is 5.10. The smallest absolute Gasteiger partial charge is 0.335 e. The number of ether oxygens (including phenoxy) is 1. The Balaban J connectivity index is 1.49. The van der Waals surface area contributed by atoms with Crippen molar-refractivity contribution in [2.45, 2.75) is 6.92 Å². The van der Waals surface area contributed by atoms with Crippen molar-refractivity contribution in [2.75, 3.05) is 16.8 Å². The molecule has 4 rings (SSSR count). The molecule has 36 heavy (non-hydrogen) atoms. The second-order valence-electron chi connectivity index (χ2n) is 7.81. The van der Waals surface area contributed by atoms with Crippen molar-refractivity contribution in [2.24, 2.45) is 0 Å². The Kier molecular flexibility index (Phi) is 7.52. The summed E-state index contributed by atoms with van der Waals surface area (Å²) in [5.74, 6) is -1.56. The first kappa shape index (κ1) is 25.2. The number of anilines is 2. The molecule has 0 aromatic heterocycles. The molecule has 1 aliphatic heterocycles. The lowest BCUT2D eigenvalue weighted by atomic mass is 10.1. The number of carbonyl (C=O) groups is 4. The molecule has 1 saturated heterocycles. The van der Waals surface area contributed by atoms with Gasteiger partial charge in [-0.1, -0.05) is 41.9 Å². The predicted octanol–water partition coefficient (Wildman–Crippen LogP) is 5.09. The summed E-state index contributed by atoms with van der Waals surface area (Å²) in [6.07, 6.45) is 1.35. The first-order valence-corrected chi connectivity index (χ1v) is 11.8. The molecule has 0 spiro atoms. The molecule has 1 aliphatic rings. The third kappa shape index (κ3) is 5.64. The molecule has 1 heterocycles. The summed E-state index contributed by atoms with van der Waals surface area (Å²) < 4.78 is 6.10. The number of nitrogens with zero attached hydrogens (tertiary/aromatic N) is 1. The average Bonchev–Trinajstić information content (AvgIpc) is 2.82. The highest BCUT2D eigenvalue weighted by molar-refractivity contribution is 9.10. The summed E-state index contributed by atoms with van der Waals surface area (Å²) in [6.45, 7) is 1.71. The number of barbiturate groups is 1. The molecule has 0 bridgehead atoms. The van der Waals surface area contributed by atoms with Crippen LogP contribution in [0.15, 0.2) is 76.8 Å². The fourth-order valence-corrected chi connectivity index (χ4v) is 4.19. The van der Waals surface area contributed by atoms with Crippen LogP contribution in [0.2, 0.25) is 5.02 Å². The SMILES string of the molecule is Cc1cccc(NC(=O)COc2ccc(/C=C3\C(=O)NC(=O)N(c4ccccc4Cl)C3=O)cc2Br)c1. The van der Waals surface area contributed by atoms with Gasteiger partial charge in [0.25, 0.3) is 17.7 Å². The van der Waals surface area contributed by atoms with Gasteiger partial charge in [-0.15, -0.1) is 0 Å². The summed E-state index contributed by atoms with van der Waals surface area (Å²) in [4.78, 5) is 50.9. The largest absolute Gasteiger partial charge is 0.483 e. The Bertz CT molecular complexity index is 1420. The molecule has 0 aliphatic carbocycles. The van der Waals surface area contributed by atoms with Crippen molar-refractivity contribution in [3.05, 3.63) is 92.9 Å². The second kappa shape index (κ2) is 10.8. The topological polar surface area (TPSA) is 105 Å². The number of para-hydroxylation sites is 1. The van der Waals surface area contributed by atoms with Gasteiger partial charge in [-0.05, 0) is 76.5 Å². The minimum Gasteiger partial charge on any atom is -0.483 e. The molecule has 0 radical (unpaired) electrons. The highest BCUT2D eigenvalue weighted by Gasteiger charge is 2.37. The van der Waals surface area contributed by atoms with E-state index < -0.39 is 17.8 Å². The van der Waals surface area contributed by atoms with Crippen molar-refractivity contribution < 1.29 is 23.9 Å². The number of rotatable bonds is 6. The van der Waals surface area contributed by atoms with Crippen LogP contribution in [-0.4, -0.2) is 30.4 Å². The van der Waals surface area contributed by atoms with E-state index in [-0.39, 0.29) is 28.8 Å². The van der Waals surface area contributed by atoms with E-state index in [9.17, 15) is 19.2 Å². The Morgan fingerprint density at radius 1 is 1.08 bits per heavy atom. The number of hydrogen-bond acceptors (Lipinski definition) is 5. The molecule has 10 heteroatoms. The van der Waals surface area contributed by atoms with E-state index in [1.54, 1.807) is 36.4 Å². The summed E-state index contributed by atoms with van der Waals surface area (Å²) in [5.41, 5.74) is 2.10. The fraction of sp³-hybridized carbons (Fsp3) is 0.0769. The molecule has 0 atom stereocenters. The summed E-state index contributed by atoms with van der Waals surface area (Å²) in [7, 11) is 0. The van der Waals surface area contributed by atoms with E-state index in [1.165, 1.54) is 18.2 Å². The number of imide groups is 2. The number of halogens is 2. The van der Waals surface area contributed by atoms with Crippen LogP contribution >= 0.6 is 27.5 Å². The molecule has 1 fully saturated rings. The number of aryl methyl sites for hydroxylation is 1. The van der Waals surface area contributed by atoms with Gasteiger partial charge in [0, 0.05) is 5.69 Å². The maximum absolute atomic E-state index is 13.0. The van der Waals surface area contributed by atoms with Crippen molar-refractivity contribution in [1.29, 1.82) is 0 Å². The molecule has 3 aromatic carbocycles. The lowest BCUT2D eigenvalue weighted by Crippen LogP contribution is -2.54. The average molecular weight is 569 g/mol. The number of amides is 5. The fourth-order valence-electron chi connectivity index (χ4n) is 3.46. The van der Waals surface area contributed by atoms with E-state index in [2.05, 4.69) is 26.6 Å². The molecule has 0 unspecified atom stereocenters. The van der Waals surface area contributed by atoms with Crippen LogP contribution in [0.1, 0.15) is 11.1 Å². The maximum atomic E-state index is 13.0. The Morgan fingerprint density at radius 2 is 1.86 bits per heavy atom. The second-order valence-corrected chi connectivity index (χ2v) is 9.07. The quantitative estimate of drug-likeness (QED) is 0.318. The minimum absolute atomic E-state index is 0.161. The van der Waals surface area contributed by atoms with Gasteiger partial charge in [0.2, 0.25) is 0 Å². The van der Waals surface area contributed by atoms with Crippen LogP contribution in [0.4, 0.5) is 16.2 Å². The van der Waals surface area contributed by atoms with Gasteiger partial charge in [-0.3, -0.25) is 19.7 Å². The highest BCUT2D eigenvalue weighted by Crippen LogP contribution is 2.30. The Morgan fingerprint density at radius 3 is 2.58 bits per heavy atom. The third-order valence-corrected chi connectivity index (χ3v) is 6.06. The van der Waals surface area contributed by atoms with Crippen LogP contribution < -0.4 is 20.3 Å². The van der Waals surface area contributed by atoms with Crippen LogP contribution in [0.25, 0.3) is 6.08 Å². The standard InChI is InChI=1S/C26H19BrClN3O5/c1-15-5-4-6-17(11-15)29-23(32)14-36-22-10-9-16(13-19(22)27)12-18-24(33)30-26(35)31(25(18)34)21-8-3-2-7-20(21)28/h2-13H,14H2,1H3,(H,29,32)(H,30,33,35)/b18-12+. The summed E-state index contributed by atoms with van der Waals surface area (Å²) in [6, 6.07) is 17.7. The van der Waals surface area contributed by atoms with Crippen LogP contribution in [0.5, 0.6) is 5.75 Å². The van der Waals surface area contributed by atoms with E-state index in [1.807, 2.05) is 25.1 Å². The highest BCUT2D eigenvalue weighted by atomic mass is 79.9. The molecule has 3 aromatic rings. The zero-order chi connectivity index (χ0) is 25.8. The number of carbonyl (C=O) groups excluding carboxylic acids is 4. The van der Waals surface area contributed by atoms with E-state index in [0.29, 0.717) is 21.5 Å². The number of benzene rings is 3. The van der Waals surface area contributed by atoms with Gasteiger partial charge in [-0.2, -0.15) is 0 Å². The lowest BCUT2D eigenvalue weighted by Gasteiger charge is -2.27. The van der Waals surface area contributed by atoms with Gasteiger partial charge >= 0.3 is 6.03 Å². The number of urea groups is 1. The Labute approximate surface area is 220 Å². The van der Waals surface area contributed by atoms with Gasteiger partial charge < -0.3 is 10.1 Å². The molecule has 0 saturated carbocycles. The molecule has 8 nitrogen and oxygen atoms in total. The molecule has 182 valence electrons. The zero-order valence-electron chi connectivity index (χ0n) is 18.9. The Hall–Kier alpha value is -3.95. The normalized spacial score (nSPS) is 14.6.